The lowest BCUT2D eigenvalue weighted by molar-refractivity contribution is 0.584. The highest BCUT2D eigenvalue weighted by atomic mass is 19.1. The van der Waals surface area contributed by atoms with E-state index in [9.17, 15) is 14.0 Å². The molecule has 0 aliphatic rings. The summed E-state index contributed by atoms with van der Waals surface area (Å²) in [6.07, 6.45) is 0. The van der Waals surface area contributed by atoms with Crippen molar-refractivity contribution in [2.75, 3.05) is 0 Å². The third kappa shape index (κ3) is 6.59. The number of fused-ring (bicyclic) bond motifs is 6. The Labute approximate surface area is 378 Å². The fourth-order valence-corrected chi connectivity index (χ4v) is 9.48. The van der Waals surface area contributed by atoms with Gasteiger partial charge in [0.1, 0.15) is 11.6 Å². The number of nitriles is 1. The lowest BCUT2D eigenvalue weighted by Gasteiger charge is -2.16. The summed E-state index contributed by atoms with van der Waals surface area (Å²) < 4.78 is 34.0. The summed E-state index contributed by atoms with van der Waals surface area (Å²) >= 11 is 0. The monoisotopic (exact) mass is 851 g/mol. The SMILES string of the molecule is N#Cc1ccc(-n2c3ccccc3c3cc(-c4cc(-c5cc(-c6ccccc6)nc(-c6ccccc6)n5)cc(-n5c6ccccc6c6ccccc65)c4)ccc32)c(-c2cc(F)cc(F)c2)c1. The molecular formula is C59H35F2N5. The Morgan fingerprint density at radius 2 is 0.924 bits per heavy atom. The van der Waals surface area contributed by atoms with Gasteiger partial charge in [-0.05, 0) is 102 Å². The first-order valence-electron chi connectivity index (χ1n) is 21.7. The topological polar surface area (TPSA) is 59.4 Å². The maximum atomic E-state index is 14.8. The van der Waals surface area contributed by atoms with Gasteiger partial charge in [-0.15, -0.1) is 0 Å². The number of rotatable bonds is 7. The summed E-state index contributed by atoms with van der Waals surface area (Å²) in [7, 11) is 0. The lowest BCUT2D eigenvalue weighted by atomic mass is 9.97. The van der Waals surface area contributed by atoms with Crippen LogP contribution in [-0.4, -0.2) is 19.1 Å². The predicted octanol–water partition coefficient (Wildman–Crippen LogP) is 15.2. The molecule has 66 heavy (non-hydrogen) atoms. The van der Waals surface area contributed by atoms with Crippen LogP contribution in [0.5, 0.6) is 0 Å². The molecule has 7 heteroatoms. The van der Waals surface area contributed by atoms with Crippen molar-refractivity contribution >= 4 is 43.6 Å². The van der Waals surface area contributed by atoms with Gasteiger partial charge in [-0.1, -0.05) is 121 Å². The van der Waals surface area contributed by atoms with Gasteiger partial charge in [-0.3, -0.25) is 0 Å². The number of hydrogen-bond donors (Lipinski definition) is 0. The van der Waals surface area contributed by atoms with Gasteiger partial charge >= 0.3 is 0 Å². The van der Waals surface area contributed by atoms with E-state index in [1.165, 1.54) is 12.1 Å². The van der Waals surface area contributed by atoms with Crippen molar-refractivity contribution in [3.63, 3.8) is 0 Å². The van der Waals surface area contributed by atoms with Crippen LogP contribution in [0.3, 0.4) is 0 Å². The Morgan fingerprint density at radius 1 is 0.379 bits per heavy atom. The summed E-state index contributed by atoms with van der Waals surface area (Å²) in [5.41, 5.74) is 13.4. The first-order chi connectivity index (χ1) is 32.5. The van der Waals surface area contributed by atoms with Gasteiger partial charge in [0, 0.05) is 55.6 Å². The van der Waals surface area contributed by atoms with E-state index in [4.69, 9.17) is 9.97 Å². The minimum atomic E-state index is -0.692. The maximum Gasteiger partial charge on any atom is 0.160 e. The molecule has 12 rings (SSSR count). The van der Waals surface area contributed by atoms with Crippen LogP contribution in [-0.2, 0) is 0 Å². The maximum absolute atomic E-state index is 14.8. The van der Waals surface area contributed by atoms with Gasteiger partial charge in [0.25, 0.3) is 0 Å². The third-order valence-electron chi connectivity index (χ3n) is 12.4. The minimum Gasteiger partial charge on any atom is -0.309 e. The van der Waals surface area contributed by atoms with Gasteiger partial charge in [-0.25, -0.2) is 18.7 Å². The average Bonchev–Trinajstić information content (AvgIpc) is 3.89. The van der Waals surface area contributed by atoms with Crippen molar-refractivity contribution in [2.45, 2.75) is 0 Å². The molecule has 0 amide bonds. The van der Waals surface area contributed by atoms with Crippen LogP contribution in [0.15, 0.2) is 212 Å². The van der Waals surface area contributed by atoms with Crippen LogP contribution in [0, 0.1) is 23.0 Å². The van der Waals surface area contributed by atoms with Gasteiger partial charge in [-0.2, -0.15) is 5.26 Å². The zero-order valence-corrected chi connectivity index (χ0v) is 35.2. The molecule has 0 saturated heterocycles. The third-order valence-corrected chi connectivity index (χ3v) is 12.4. The van der Waals surface area contributed by atoms with Crippen LogP contribution >= 0.6 is 0 Å². The first-order valence-corrected chi connectivity index (χ1v) is 21.7. The molecule has 9 aromatic carbocycles. The number of halogens is 2. The van der Waals surface area contributed by atoms with Gasteiger partial charge in [0.15, 0.2) is 5.82 Å². The highest BCUT2D eigenvalue weighted by Gasteiger charge is 2.20. The summed E-state index contributed by atoms with van der Waals surface area (Å²) in [5.74, 6) is -0.752. The molecule has 12 aromatic rings. The van der Waals surface area contributed by atoms with Gasteiger partial charge in [0.05, 0.1) is 50.8 Å². The zero-order chi connectivity index (χ0) is 44.3. The predicted molar refractivity (Wildman–Crippen MR) is 263 cm³/mol. The number of aromatic nitrogens is 4. The van der Waals surface area contributed by atoms with E-state index >= 15 is 0 Å². The van der Waals surface area contributed by atoms with Crippen molar-refractivity contribution in [2.24, 2.45) is 0 Å². The number of benzene rings is 9. The van der Waals surface area contributed by atoms with E-state index in [1.54, 1.807) is 12.1 Å². The van der Waals surface area contributed by atoms with E-state index in [1.807, 2.05) is 72.8 Å². The Morgan fingerprint density at radius 3 is 1.58 bits per heavy atom. The second-order valence-electron chi connectivity index (χ2n) is 16.4. The van der Waals surface area contributed by atoms with E-state index in [2.05, 4.69) is 124 Å². The molecule has 0 fully saturated rings. The average molecular weight is 852 g/mol. The highest BCUT2D eigenvalue weighted by Crippen LogP contribution is 2.41. The van der Waals surface area contributed by atoms with Crippen LogP contribution in [0.4, 0.5) is 8.78 Å². The Kier molecular flexibility index (Phi) is 9.18. The largest absolute Gasteiger partial charge is 0.309 e. The molecule has 310 valence electrons. The first kappa shape index (κ1) is 38.7. The number of para-hydroxylation sites is 3. The van der Waals surface area contributed by atoms with E-state index in [-0.39, 0.29) is 0 Å². The minimum absolute atomic E-state index is 0.340. The van der Waals surface area contributed by atoms with Crippen LogP contribution < -0.4 is 0 Å². The van der Waals surface area contributed by atoms with E-state index < -0.39 is 11.6 Å². The Bertz CT molecular complexity index is 3790. The zero-order valence-electron chi connectivity index (χ0n) is 35.2. The lowest BCUT2D eigenvalue weighted by Crippen LogP contribution is -1.99. The van der Waals surface area contributed by atoms with Crippen molar-refractivity contribution in [1.29, 1.82) is 5.26 Å². The molecular weight excluding hydrogens is 817 g/mol. The molecule has 0 bridgehead atoms. The van der Waals surface area contributed by atoms with E-state index in [0.717, 1.165) is 94.6 Å². The van der Waals surface area contributed by atoms with Crippen LogP contribution in [0.25, 0.3) is 111 Å². The fraction of sp³-hybridized carbons (Fsp3) is 0. The number of hydrogen-bond acceptors (Lipinski definition) is 3. The molecule has 0 atom stereocenters. The molecule has 0 saturated carbocycles. The van der Waals surface area contributed by atoms with Crippen molar-refractivity contribution in [3.8, 4) is 73.6 Å². The molecule has 0 N–H and O–H groups in total. The van der Waals surface area contributed by atoms with Crippen molar-refractivity contribution < 1.29 is 8.78 Å². The molecule has 3 heterocycles. The molecule has 3 aromatic heterocycles. The second-order valence-corrected chi connectivity index (χ2v) is 16.4. The fourth-order valence-electron chi connectivity index (χ4n) is 9.48. The van der Waals surface area contributed by atoms with Crippen molar-refractivity contribution in [3.05, 3.63) is 230 Å². The molecule has 5 nitrogen and oxygen atoms in total. The Hall–Kier alpha value is -8.99. The van der Waals surface area contributed by atoms with Crippen LogP contribution in [0.1, 0.15) is 5.56 Å². The molecule has 0 radical (unpaired) electrons. The molecule has 0 aliphatic heterocycles. The molecule has 0 unspecified atom stereocenters. The van der Waals surface area contributed by atoms with Gasteiger partial charge in [0.2, 0.25) is 0 Å². The molecule has 0 aliphatic carbocycles. The smallest absolute Gasteiger partial charge is 0.160 e. The van der Waals surface area contributed by atoms with E-state index in [0.29, 0.717) is 28.2 Å². The standard InChI is InChI=1S/C59H35F2N5/c60-44-29-42(30-45(61)34-44)50-27-37(36-62)23-25-57(50)66-56-22-12-9-19-49(56)51-33-40(24-26-58(51)66)41-28-43(32-46(31-41)65-54-20-10-7-17-47(54)48-18-8-11-21-55(48)65)53-35-52(38-13-3-1-4-14-38)63-59(64-53)39-15-5-2-6-16-39/h1-35H. The van der Waals surface area contributed by atoms with Gasteiger partial charge < -0.3 is 9.13 Å². The van der Waals surface area contributed by atoms with Crippen molar-refractivity contribution in [1.82, 2.24) is 19.1 Å². The Balaban J connectivity index is 1.11. The highest BCUT2D eigenvalue weighted by molar-refractivity contribution is 6.12. The summed E-state index contributed by atoms with van der Waals surface area (Å²) in [5, 5.41) is 14.2. The van der Waals surface area contributed by atoms with Crippen LogP contribution in [0.2, 0.25) is 0 Å². The molecule has 0 spiro atoms. The summed E-state index contributed by atoms with van der Waals surface area (Å²) in [6.45, 7) is 0. The quantitative estimate of drug-likeness (QED) is 0.160. The summed E-state index contributed by atoms with van der Waals surface area (Å²) in [4.78, 5) is 10.4. The summed E-state index contributed by atoms with van der Waals surface area (Å²) in [6, 6.07) is 71.6. The number of nitrogens with zero attached hydrogens (tertiary/aromatic N) is 5. The second kappa shape index (κ2) is 15.7. The normalized spacial score (nSPS) is 11.5.